The maximum Gasteiger partial charge on any atom is 0.255 e. The lowest BCUT2D eigenvalue weighted by Crippen LogP contribution is -2.28. The third kappa shape index (κ3) is 3.44. The van der Waals surface area contributed by atoms with Crippen molar-refractivity contribution in [2.24, 2.45) is 0 Å². The second-order valence-electron chi connectivity index (χ2n) is 6.87. The number of amides is 1. The smallest absolute Gasteiger partial charge is 0.255 e. The number of aromatic nitrogens is 1. The van der Waals surface area contributed by atoms with Crippen LogP contribution in [0, 0.1) is 6.92 Å². The van der Waals surface area contributed by atoms with Gasteiger partial charge in [0.1, 0.15) is 0 Å². The number of fused-ring (bicyclic) bond motifs is 1. The number of nitrogens with one attached hydrogen (secondary N) is 3. The first-order valence-electron chi connectivity index (χ1n) is 8.90. The Balaban J connectivity index is 1.47. The van der Waals surface area contributed by atoms with Gasteiger partial charge < -0.3 is 15.6 Å². The van der Waals surface area contributed by atoms with Gasteiger partial charge >= 0.3 is 0 Å². The molecule has 4 nitrogen and oxygen atoms in total. The molecule has 3 aromatic rings. The van der Waals surface area contributed by atoms with Crippen LogP contribution in [0.15, 0.2) is 48.5 Å². The van der Waals surface area contributed by atoms with Crippen molar-refractivity contribution in [2.45, 2.75) is 25.7 Å². The first-order valence-corrected chi connectivity index (χ1v) is 8.90. The highest BCUT2D eigenvalue weighted by atomic mass is 16.1. The van der Waals surface area contributed by atoms with Gasteiger partial charge in [0.2, 0.25) is 0 Å². The van der Waals surface area contributed by atoms with Crippen LogP contribution in [0.1, 0.15) is 40.4 Å². The van der Waals surface area contributed by atoms with E-state index in [1.807, 2.05) is 37.3 Å². The Morgan fingerprint density at radius 1 is 1.12 bits per heavy atom. The molecule has 25 heavy (non-hydrogen) atoms. The number of aryl methyl sites for hydroxylation is 1. The topological polar surface area (TPSA) is 56.9 Å². The van der Waals surface area contributed by atoms with Crippen LogP contribution in [-0.4, -0.2) is 24.0 Å². The zero-order valence-corrected chi connectivity index (χ0v) is 14.4. The summed E-state index contributed by atoms with van der Waals surface area (Å²) in [5.74, 6) is 0.491. The molecular formula is C21H23N3O. The number of benzene rings is 2. The van der Waals surface area contributed by atoms with E-state index in [1.165, 1.54) is 18.4 Å². The minimum absolute atomic E-state index is 0.0695. The van der Waals surface area contributed by atoms with Crippen molar-refractivity contribution in [1.82, 2.24) is 10.3 Å². The van der Waals surface area contributed by atoms with E-state index in [-0.39, 0.29) is 5.91 Å². The molecule has 1 amide bonds. The minimum Gasteiger partial charge on any atom is -0.359 e. The van der Waals surface area contributed by atoms with Gasteiger partial charge in [0.15, 0.2) is 0 Å². The summed E-state index contributed by atoms with van der Waals surface area (Å²) in [7, 11) is 0. The van der Waals surface area contributed by atoms with Crippen LogP contribution in [0.2, 0.25) is 0 Å². The molecule has 0 saturated carbocycles. The predicted octanol–water partition coefficient (Wildman–Crippen LogP) is 4.20. The van der Waals surface area contributed by atoms with Gasteiger partial charge in [-0.3, -0.25) is 4.79 Å². The molecular weight excluding hydrogens is 310 g/mol. The molecule has 1 saturated heterocycles. The lowest BCUT2D eigenvalue weighted by molar-refractivity contribution is 0.102. The molecule has 1 fully saturated rings. The fourth-order valence-corrected chi connectivity index (χ4v) is 3.60. The molecule has 1 unspecified atom stereocenters. The van der Waals surface area contributed by atoms with Gasteiger partial charge in [-0.2, -0.15) is 0 Å². The van der Waals surface area contributed by atoms with Crippen molar-refractivity contribution < 1.29 is 4.79 Å². The number of carbonyl (C=O) groups is 1. The van der Waals surface area contributed by atoms with Crippen molar-refractivity contribution in [3.8, 4) is 0 Å². The van der Waals surface area contributed by atoms with Gasteiger partial charge in [-0.25, -0.2) is 0 Å². The quantitative estimate of drug-likeness (QED) is 0.673. The number of piperidine rings is 1. The number of carbonyl (C=O) groups excluding carboxylic acids is 1. The molecule has 1 atom stereocenters. The van der Waals surface area contributed by atoms with Gasteiger partial charge in [0.05, 0.1) is 0 Å². The normalized spacial score (nSPS) is 17.6. The van der Waals surface area contributed by atoms with E-state index in [2.05, 4.69) is 33.8 Å². The van der Waals surface area contributed by atoms with Gasteiger partial charge in [-0.05, 0) is 74.2 Å². The summed E-state index contributed by atoms with van der Waals surface area (Å²) in [4.78, 5) is 15.8. The van der Waals surface area contributed by atoms with Crippen LogP contribution < -0.4 is 10.6 Å². The largest absolute Gasteiger partial charge is 0.359 e. The van der Waals surface area contributed by atoms with Crippen LogP contribution in [0.3, 0.4) is 0 Å². The van der Waals surface area contributed by atoms with E-state index in [1.54, 1.807) is 0 Å². The lowest BCUT2D eigenvalue weighted by atomic mass is 9.91. The molecule has 4 heteroatoms. The monoisotopic (exact) mass is 333 g/mol. The molecule has 0 bridgehead atoms. The zero-order valence-electron chi connectivity index (χ0n) is 14.4. The summed E-state index contributed by atoms with van der Waals surface area (Å²) < 4.78 is 0. The van der Waals surface area contributed by atoms with Gasteiger partial charge in [-0.1, -0.05) is 12.1 Å². The molecule has 4 rings (SSSR count). The zero-order chi connectivity index (χ0) is 17.2. The SMILES string of the molecule is Cc1cc2cc(NC(=O)c3ccc(C4CCCNC4)cc3)ccc2[nH]1. The molecule has 2 heterocycles. The predicted molar refractivity (Wildman–Crippen MR) is 102 cm³/mol. The Labute approximate surface area is 147 Å². The van der Waals surface area contributed by atoms with Crippen molar-refractivity contribution in [1.29, 1.82) is 0 Å². The number of rotatable bonds is 3. The second-order valence-corrected chi connectivity index (χ2v) is 6.87. The van der Waals surface area contributed by atoms with Crippen molar-refractivity contribution in [3.63, 3.8) is 0 Å². The third-order valence-electron chi connectivity index (χ3n) is 4.95. The molecule has 1 aliphatic heterocycles. The van der Waals surface area contributed by atoms with Crippen LogP contribution in [0.5, 0.6) is 0 Å². The molecule has 0 radical (unpaired) electrons. The first kappa shape index (κ1) is 15.9. The molecule has 128 valence electrons. The Morgan fingerprint density at radius 2 is 1.96 bits per heavy atom. The maximum absolute atomic E-state index is 12.5. The van der Waals surface area contributed by atoms with E-state index in [0.29, 0.717) is 11.5 Å². The lowest BCUT2D eigenvalue weighted by Gasteiger charge is -2.23. The van der Waals surface area contributed by atoms with Crippen LogP contribution >= 0.6 is 0 Å². The Kier molecular flexibility index (Phi) is 4.28. The summed E-state index contributed by atoms with van der Waals surface area (Å²) in [6, 6.07) is 16.0. The van der Waals surface area contributed by atoms with E-state index in [9.17, 15) is 4.79 Å². The van der Waals surface area contributed by atoms with Crippen molar-refractivity contribution >= 4 is 22.5 Å². The summed E-state index contributed by atoms with van der Waals surface area (Å²) in [5, 5.41) is 7.54. The molecule has 3 N–H and O–H groups in total. The standard InChI is InChI=1S/C21H23N3O/c1-14-11-18-12-19(8-9-20(18)23-14)24-21(25)16-6-4-15(5-7-16)17-3-2-10-22-13-17/h4-9,11-12,17,22-23H,2-3,10,13H2,1H3,(H,24,25). The van der Waals surface area contributed by atoms with Gasteiger partial charge in [0.25, 0.3) is 5.91 Å². The van der Waals surface area contributed by atoms with Crippen molar-refractivity contribution in [2.75, 3.05) is 18.4 Å². The Bertz CT molecular complexity index is 889. The summed E-state index contributed by atoms with van der Waals surface area (Å²) in [5.41, 5.74) is 5.02. The number of anilines is 1. The number of aromatic amines is 1. The van der Waals surface area contributed by atoms with Gasteiger partial charge in [0, 0.05) is 34.4 Å². The summed E-state index contributed by atoms with van der Waals surface area (Å²) >= 11 is 0. The number of hydrogen-bond acceptors (Lipinski definition) is 2. The Morgan fingerprint density at radius 3 is 2.72 bits per heavy atom. The highest BCUT2D eigenvalue weighted by Crippen LogP contribution is 2.24. The molecule has 1 aromatic heterocycles. The fourth-order valence-electron chi connectivity index (χ4n) is 3.60. The molecule has 2 aromatic carbocycles. The van der Waals surface area contributed by atoms with E-state index < -0.39 is 0 Å². The van der Waals surface area contributed by atoms with E-state index in [0.717, 1.165) is 35.4 Å². The average molecular weight is 333 g/mol. The average Bonchev–Trinajstić information content (AvgIpc) is 3.02. The van der Waals surface area contributed by atoms with Crippen LogP contribution in [0.25, 0.3) is 10.9 Å². The van der Waals surface area contributed by atoms with Gasteiger partial charge in [-0.15, -0.1) is 0 Å². The fraction of sp³-hybridized carbons (Fsp3) is 0.286. The first-order chi connectivity index (χ1) is 12.2. The highest BCUT2D eigenvalue weighted by Gasteiger charge is 2.15. The van der Waals surface area contributed by atoms with E-state index in [4.69, 9.17) is 0 Å². The molecule has 0 spiro atoms. The van der Waals surface area contributed by atoms with Crippen LogP contribution in [0.4, 0.5) is 5.69 Å². The summed E-state index contributed by atoms with van der Waals surface area (Å²) in [6.45, 7) is 4.17. The minimum atomic E-state index is -0.0695. The number of hydrogen-bond donors (Lipinski definition) is 3. The van der Waals surface area contributed by atoms with Crippen LogP contribution in [-0.2, 0) is 0 Å². The molecule has 1 aliphatic rings. The second kappa shape index (κ2) is 6.73. The highest BCUT2D eigenvalue weighted by molar-refractivity contribution is 6.05. The van der Waals surface area contributed by atoms with E-state index >= 15 is 0 Å². The number of H-pyrrole nitrogens is 1. The summed E-state index contributed by atoms with van der Waals surface area (Å²) in [6.07, 6.45) is 2.43. The van der Waals surface area contributed by atoms with Crippen molar-refractivity contribution in [3.05, 3.63) is 65.4 Å². The Hall–Kier alpha value is -2.59. The maximum atomic E-state index is 12.5. The third-order valence-corrected chi connectivity index (χ3v) is 4.95. The molecule has 0 aliphatic carbocycles.